The van der Waals surface area contributed by atoms with Crippen molar-refractivity contribution in [2.75, 3.05) is 14.2 Å². The summed E-state index contributed by atoms with van der Waals surface area (Å²) in [6.07, 6.45) is 0.199. The van der Waals surface area contributed by atoms with E-state index in [2.05, 4.69) is 4.74 Å². The largest absolute Gasteiger partial charge is 0.508 e. The number of esters is 1. The van der Waals surface area contributed by atoms with Gasteiger partial charge in [0, 0.05) is 7.11 Å². The molecule has 78 valence electrons. The Balaban J connectivity index is 0.000000791. The number of hydrogen-bond donors (Lipinski definition) is 2. The molecule has 0 heterocycles. The molecular formula is C10H14O4. The number of phenols is 1. The molecule has 0 saturated heterocycles. The van der Waals surface area contributed by atoms with Crippen LogP contribution in [0.1, 0.15) is 5.56 Å². The molecule has 0 aromatic heterocycles. The Morgan fingerprint density at radius 1 is 1.43 bits per heavy atom. The van der Waals surface area contributed by atoms with Gasteiger partial charge in [-0.3, -0.25) is 4.79 Å². The Labute approximate surface area is 82.8 Å². The van der Waals surface area contributed by atoms with Crippen molar-refractivity contribution in [3.63, 3.8) is 0 Å². The number of rotatable bonds is 2. The molecule has 0 saturated carbocycles. The lowest BCUT2D eigenvalue weighted by Gasteiger charge is -1.99. The molecule has 0 bridgehead atoms. The number of phenolic OH excluding ortho intramolecular Hbond substituents is 1. The summed E-state index contributed by atoms with van der Waals surface area (Å²) in [5.41, 5.74) is 0.752. The first-order chi connectivity index (χ1) is 6.72. The molecule has 1 aromatic carbocycles. The molecule has 14 heavy (non-hydrogen) atoms. The zero-order valence-electron chi connectivity index (χ0n) is 8.23. The van der Waals surface area contributed by atoms with Crippen LogP contribution in [0.15, 0.2) is 24.3 Å². The highest BCUT2D eigenvalue weighted by Gasteiger charge is 2.02. The Morgan fingerprint density at radius 2 is 2.07 bits per heavy atom. The van der Waals surface area contributed by atoms with Crippen LogP contribution in [0.2, 0.25) is 0 Å². The van der Waals surface area contributed by atoms with E-state index in [1.54, 1.807) is 18.2 Å². The van der Waals surface area contributed by atoms with Crippen LogP contribution in [-0.2, 0) is 16.0 Å². The topological polar surface area (TPSA) is 66.8 Å². The van der Waals surface area contributed by atoms with Crippen LogP contribution in [0.25, 0.3) is 0 Å². The van der Waals surface area contributed by atoms with E-state index in [1.807, 2.05) is 0 Å². The van der Waals surface area contributed by atoms with Crippen molar-refractivity contribution < 1.29 is 19.7 Å². The van der Waals surface area contributed by atoms with Crippen molar-refractivity contribution in [3.8, 4) is 5.75 Å². The molecule has 1 aromatic rings. The van der Waals surface area contributed by atoms with Crippen LogP contribution < -0.4 is 0 Å². The van der Waals surface area contributed by atoms with Crippen molar-refractivity contribution in [2.45, 2.75) is 6.42 Å². The van der Waals surface area contributed by atoms with Crippen LogP contribution in [0.3, 0.4) is 0 Å². The van der Waals surface area contributed by atoms with Gasteiger partial charge in [-0.1, -0.05) is 12.1 Å². The second-order valence-corrected chi connectivity index (χ2v) is 2.42. The second kappa shape index (κ2) is 6.91. The van der Waals surface area contributed by atoms with Gasteiger partial charge >= 0.3 is 5.97 Å². The number of ether oxygens (including phenoxy) is 1. The summed E-state index contributed by atoms with van der Waals surface area (Å²) >= 11 is 0. The lowest BCUT2D eigenvalue weighted by Crippen LogP contribution is -2.03. The molecule has 0 radical (unpaired) electrons. The normalized spacial score (nSPS) is 8.50. The van der Waals surface area contributed by atoms with Crippen LogP contribution in [0.5, 0.6) is 5.75 Å². The van der Waals surface area contributed by atoms with Crippen molar-refractivity contribution in [3.05, 3.63) is 29.8 Å². The minimum atomic E-state index is -0.305. The molecular weight excluding hydrogens is 184 g/mol. The molecule has 0 aliphatic heterocycles. The third-order valence-corrected chi connectivity index (χ3v) is 1.49. The van der Waals surface area contributed by atoms with Crippen molar-refractivity contribution >= 4 is 5.97 Å². The Kier molecular flexibility index (Phi) is 6.15. The van der Waals surface area contributed by atoms with Crippen LogP contribution in [0.4, 0.5) is 0 Å². The fourth-order valence-corrected chi connectivity index (χ4v) is 0.905. The van der Waals surface area contributed by atoms with Gasteiger partial charge in [0.25, 0.3) is 0 Å². The molecule has 0 atom stereocenters. The Hall–Kier alpha value is -1.55. The lowest BCUT2D eigenvalue weighted by molar-refractivity contribution is -0.139. The number of carbonyl (C=O) groups is 1. The van der Waals surface area contributed by atoms with Crippen molar-refractivity contribution in [2.24, 2.45) is 0 Å². The van der Waals surface area contributed by atoms with Gasteiger partial charge < -0.3 is 14.9 Å². The first-order valence-corrected chi connectivity index (χ1v) is 4.02. The van der Waals surface area contributed by atoms with Crippen LogP contribution in [-0.4, -0.2) is 30.4 Å². The molecule has 4 heteroatoms. The van der Waals surface area contributed by atoms with Crippen LogP contribution in [0, 0.1) is 0 Å². The molecule has 0 aliphatic rings. The standard InChI is InChI=1S/C9H10O3.CH4O/c1-12-9(11)6-7-3-2-4-8(10)5-7;1-2/h2-5,10H,6H2,1H3;2H,1H3. The fraction of sp³-hybridized carbons (Fsp3) is 0.300. The predicted octanol–water partition coefficient (Wildman–Crippen LogP) is 0.716. The zero-order valence-corrected chi connectivity index (χ0v) is 8.23. The second-order valence-electron chi connectivity index (χ2n) is 2.42. The number of hydrogen-bond acceptors (Lipinski definition) is 4. The number of benzene rings is 1. The van der Waals surface area contributed by atoms with E-state index in [0.717, 1.165) is 12.7 Å². The molecule has 0 fully saturated rings. The van der Waals surface area contributed by atoms with Gasteiger partial charge in [-0.05, 0) is 17.7 Å². The van der Waals surface area contributed by atoms with E-state index in [-0.39, 0.29) is 18.1 Å². The third-order valence-electron chi connectivity index (χ3n) is 1.49. The van der Waals surface area contributed by atoms with Gasteiger partial charge in [0.15, 0.2) is 0 Å². The summed E-state index contributed by atoms with van der Waals surface area (Å²) in [5, 5.41) is 16.0. The summed E-state index contributed by atoms with van der Waals surface area (Å²) in [4.78, 5) is 10.8. The van der Waals surface area contributed by atoms with Gasteiger partial charge in [0.05, 0.1) is 13.5 Å². The number of carbonyl (C=O) groups excluding carboxylic acids is 1. The molecule has 0 spiro atoms. The number of aliphatic hydroxyl groups is 1. The van der Waals surface area contributed by atoms with Crippen LogP contribution >= 0.6 is 0 Å². The monoisotopic (exact) mass is 198 g/mol. The highest BCUT2D eigenvalue weighted by molar-refractivity contribution is 5.72. The zero-order chi connectivity index (χ0) is 11.0. The highest BCUT2D eigenvalue weighted by atomic mass is 16.5. The number of aromatic hydroxyl groups is 1. The fourth-order valence-electron chi connectivity index (χ4n) is 0.905. The van der Waals surface area contributed by atoms with E-state index < -0.39 is 0 Å². The minimum Gasteiger partial charge on any atom is -0.508 e. The maximum absolute atomic E-state index is 10.8. The minimum absolute atomic E-state index is 0.163. The summed E-state index contributed by atoms with van der Waals surface area (Å²) < 4.78 is 4.47. The summed E-state index contributed by atoms with van der Waals surface area (Å²) in [7, 11) is 2.34. The predicted molar refractivity (Wildman–Crippen MR) is 52.0 cm³/mol. The number of aliphatic hydroxyl groups excluding tert-OH is 1. The summed E-state index contributed by atoms with van der Waals surface area (Å²) in [5.74, 6) is -0.142. The molecule has 0 unspecified atom stereocenters. The molecule has 4 nitrogen and oxygen atoms in total. The van der Waals surface area contributed by atoms with Gasteiger partial charge in [0.2, 0.25) is 0 Å². The van der Waals surface area contributed by atoms with E-state index in [1.165, 1.54) is 13.2 Å². The molecule has 0 aliphatic carbocycles. The SMILES string of the molecule is CO.COC(=O)Cc1cccc(O)c1. The molecule has 2 N–H and O–H groups in total. The smallest absolute Gasteiger partial charge is 0.309 e. The average Bonchev–Trinajstić information content (AvgIpc) is 2.21. The molecule has 1 rings (SSSR count). The highest BCUT2D eigenvalue weighted by Crippen LogP contribution is 2.11. The average molecular weight is 198 g/mol. The maximum atomic E-state index is 10.8. The van der Waals surface area contributed by atoms with Crippen molar-refractivity contribution in [1.82, 2.24) is 0 Å². The van der Waals surface area contributed by atoms with E-state index in [0.29, 0.717) is 0 Å². The van der Waals surface area contributed by atoms with E-state index in [9.17, 15) is 4.79 Å². The summed E-state index contributed by atoms with van der Waals surface area (Å²) in [6.45, 7) is 0. The maximum Gasteiger partial charge on any atom is 0.309 e. The summed E-state index contributed by atoms with van der Waals surface area (Å²) in [6, 6.07) is 6.54. The number of methoxy groups -OCH3 is 1. The van der Waals surface area contributed by atoms with Crippen molar-refractivity contribution in [1.29, 1.82) is 0 Å². The van der Waals surface area contributed by atoms with Gasteiger partial charge in [0.1, 0.15) is 5.75 Å². The molecule has 0 amide bonds. The van der Waals surface area contributed by atoms with Gasteiger partial charge in [-0.25, -0.2) is 0 Å². The quantitative estimate of drug-likeness (QED) is 0.687. The van der Waals surface area contributed by atoms with Gasteiger partial charge in [-0.2, -0.15) is 0 Å². The van der Waals surface area contributed by atoms with E-state index in [4.69, 9.17) is 10.2 Å². The first kappa shape index (κ1) is 12.4. The first-order valence-electron chi connectivity index (χ1n) is 4.02. The van der Waals surface area contributed by atoms with E-state index >= 15 is 0 Å². The Bertz CT molecular complexity index is 283. The van der Waals surface area contributed by atoms with Gasteiger partial charge in [-0.15, -0.1) is 0 Å². The lowest BCUT2D eigenvalue weighted by atomic mass is 10.1. The third kappa shape index (κ3) is 4.47. The Morgan fingerprint density at radius 3 is 2.57 bits per heavy atom.